The van der Waals surface area contributed by atoms with Crippen molar-refractivity contribution < 1.29 is 4.79 Å². The van der Waals surface area contributed by atoms with Crippen LogP contribution in [0.25, 0.3) is 0 Å². The van der Waals surface area contributed by atoms with Crippen LogP contribution in [0.5, 0.6) is 0 Å². The molecule has 1 aromatic rings. The zero-order chi connectivity index (χ0) is 12.0. The highest BCUT2D eigenvalue weighted by atomic mass is 32.1. The van der Waals surface area contributed by atoms with Gasteiger partial charge in [-0.3, -0.25) is 4.79 Å². The molecule has 16 heavy (non-hydrogen) atoms. The summed E-state index contributed by atoms with van der Waals surface area (Å²) in [6, 6.07) is 0.0808. The van der Waals surface area contributed by atoms with Crippen molar-refractivity contribution in [3.05, 3.63) is 16.1 Å². The highest BCUT2D eigenvalue weighted by Crippen LogP contribution is 2.12. The van der Waals surface area contributed by atoms with E-state index in [1.165, 1.54) is 4.88 Å². The molecule has 5 heteroatoms. The van der Waals surface area contributed by atoms with Crippen LogP contribution >= 0.6 is 11.3 Å². The third-order valence-corrected chi connectivity index (χ3v) is 3.36. The quantitative estimate of drug-likeness (QED) is 0.792. The lowest BCUT2D eigenvalue weighted by atomic mass is 10.2. The number of hydrogen-bond acceptors (Lipinski definition) is 4. The standard InChI is InChI=1S/C11H19N3OS/c1-3-9-6-14-11(16-9)7-13-10(15)5-4-8(2)12/h6,8H,3-5,7,12H2,1-2H3,(H,13,15). The minimum absolute atomic E-state index is 0.0468. The molecule has 0 spiro atoms. The van der Waals surface area contributed by atoms with Crippen molar-refractivity contribution in [1.82, 2.24) is 10.3 Å². The largest absolute Gasteiger partial charge is 0.350 e. The van der Waals surface area contributed by atoms with E-state index < -0.39 is 0 Å². The number of aryl methyl sites for hydroxylation is 1. The van der Waals surface area contributed by atoms with Crippen molar-refractivity contribution in [2.75, 3.05) is 0 Å². The maximum atomic E-state index is 11.4. The normalized spacial score (nSPS) is 12.4. The summed E-state index contributed by atoms with van der Waals surface area (Å²) in [4.78, 5) is 16.9. The van der Waals surface area contributed by atoms with Gasteiger partial charge in [-0.15, -0.1) is 11.3 Å². The molecule has 1 rings (SSSR count). The Balaban J connectivity index is 2.26. The highest BCUT2D eigenvalue weighted by molar-refractivity contribution is 7.11. The van der Waals surface area contributed by atoms with Gasteiger partial charge in [-0.1, -0.05) is 6.92 Å². The van der Waals surface area contributed by atoms with E-state index in [1.54, 1.807) is 11.3 Å². The van der Waals surface area contributed by atoms with E-state index in [1.807, 2.05) is 13.1 Å². The number of amides is 1. The lowest BCUT2D eigenvalue weighted by molar-refractivity contribution is -0.121. The van der Waals surface area contributed by atoms with Crippen LogP contribution in [-0.2, 0) is 17.8 Å². The number of hydrogen-bond donors (Lipinski definition) is 2. The number of aromatic nitrogens is 1. The smallest absolute Gasteiger partial charge is 0.220 e. The molecule has 90 valence electrons. The predicted molar refractivity (Wildman–Crippen MR) is 66.2 cm³/mol. The van der Waals surface area contributed by atoms with Crippen molar-refractivity contribution in [3.63, 3.8) is 0 Å². The summed E-state index contributed by atoms with van der Waals surface area (Å²) in [5.41, 5.74) is 5.58. The second-order valence-electron chi connectivity index (χ2n) is 3.87. The van der Waals surface area contributed by atoms with Gasteiger partial charge in [0, 0.05) is 23.5 Å². The van der Waals surface area contributed by atoms with Crippen LogP contribution in [0, 0.1) is 0 Å². The van der Waals surface area contributed by atoms with E-state index in [4.69, 9.17) is 5.73 Å². The molecule has 0 saturated carbocycles. The van der Waals surface area contributed by atoms with Gasteiger partial charge < -0.3 is 11.1 Å². The number of carbonyl (C=O) groups is 1. The Morgan fingerprint density at radius 2 is 2.44 bits per heavy atom. The Morgan fingerprint density at radius 3 is 3.00 bits per heavy atom. The minimum Gasteiger partial charge on any atom is -0.350 e. The fourth-order valence-corrected chi connectivity index (χ4v) is 2.02. The van der Waals surface area contributed by atoms with Crippen molar-refractivity contribution in [3.8, 4) is 0 Å². The molecule has 0 aliphatic carbocycles. The Hall–Kier alpha value is -0.940. The van der Waals surface area contributed by atoms with Gasteiger partial charge in [-0.05, 0) is 19.8 Å². The van der Waals surface area contributed by atoms with E-state index in [0.29, 0.717) is 13.0 Å². The van der Waals surface area contributed by atoms with Crippen LogP contribution in [0.15, 0.2) is 6.20 Å². The summed E-state index contributed by atoms with van der Waals surface area (Å²) >= 11 is 1.65. The molecule has 0 saturated heterocycles. The molecule has 1 atom stereocenters. The van der Waals surface area contributed by atoms with Gasteiger partial charge >= 0.3 is 0 Å². The second kappa shape index (κ2) is 6.60. The van der Waals surface area contributed by atoms with Crippen LogP contribution in [0.4, 0.5) is 0 Å². The maximum Gasteiger partial charge on any atom is 0.220 e. The number of thiazole rings is 1. The lowest BCUT2D eigenvalue weighted by Crippen LogP contribution is -2.25. The molecular formula is C11H19N3OS. The first-order valence-electron chi connectivity index (χ1n) is 5.57. The topological polar surface area (TPSA) is 68.0 Å². The Morgan fingerprint density at radius 1 is 1.69 bits per heavy atom. The predicted octanol–water partition coefficient (Wildman–Crippen LogP) is 1.45. The first-order chi connectivity index (χ1) is 7.61. The molecule has 3 N–H and O–H groups in total. The van der Waals surface area contributed by atoms with E-state index in [2.05, 4.69) is 17.2 Å². The molecule has 1 heterocycles. The van der Waals surface area contributed by atoms with Gasteiger partial charge in [-0.2, -0.15) is 0 Å². The molecule has 1 amide bonds. The molecule has 0 radical (unpaired) electrons. The summed E-state index contributed by atoms with van der Waals surface area (Å²) in [7, 11) is 0. The monoisotopic (exact) mass is 241 g/mol. The molecule has 0 aliphatic heterocycles. The lowest BCUT2D eigenvalue weighted by Gasteiger charge is -2.05. The summed E-state index contributed by atoms with van der Waals surface area (Å²) < 4.78 is 0. The van der Waals surface area contributed by atoms with E-state index >= 15 is 0 Å². The van der Waals surface area contributed by atoms with Gasteiger partial charge in [0.15, 0.2) is 0 Å². The highest BCUT2D eigenvalue weighted by Gasteiger charge is 2.05. The van der Waals surface area contributed by atoms with Crippen LogP contribution < -0.4 is 11.1 Å². The molecule has 4 nitrogen and oxygen atoms in total. The average molecular weight is 241 g/mol. The fraction of sp³-hybridized carbons (Fsp3) is 0.636. The zero-order valence-electron chi connectivity index (χ0n) is 9.82. The van der Waals surface area contributed by atoms with Gasteiger partial charge in [0.1, 0.15) is 5.01 Å². The number of carbonyl (C=O) groups excluding carboxylic acids is 1. The van der Waals surface area contributed by atoms with Gasteiger partial charge in [0.2, 0.25) is 5.91 Å². The maximum absolute atomic E-state index is 11.4. The zero-order valence-corrected chi connectivity index (χ0v) is 10.6. The van der Waals surface area contributed by atoms with Crippen molar-refractivity contribution in [2.45, 2.75) is 45.7 Å². The molecule has 0 fully saturated rings. The number of nitrogens with zero attached hydrogens (tertiary/aromatic N) is 1. The molecule has 1 aromatic heterocycles. The van der Waals surface area contributed by atoms with Crippen molar-refractivity contribution >= 4 is 17.2 Å². The summed E-state index contributed by atoms with van der Waals surface area (Å²) in [5, 5.41) is 3.81. The van der Waals surface area contributed by atoms with Crippen LogP contribution in [0.2, 0.25) is 0 Å². The van der Waals surface area contributed by atoms with Crippen LogP contribution in [0.3, 0.4) is 0 Å². The second-order valence-corrected chi connectivity index (χ2v) is 5.07. The Labute approximate surface area is 100 Å². The van der Waals surface area contributed by atoms with Crippen molar-refractivity contribution in [1.29, 1.82) is 0 Å². The van der Waals surface area contributed by atoms with Crippen molar-refractivity contribution in [2.24, 2.45) is 5.73 Å². The minimum atomic E-state index is 0.0468. The molecule has 0 aromatic carbocycles. The first-order valence-corrected chi connectivity index (χ1v) is 6.39. The number of nitrogens with two attached hydrogens (primary N) is 1. The Bertz CT molecular complexity index is 336. The molecule has 0 aliphatic rings. The molecule has 1 unspecified atom stereocenters. The van der Waals surface area contributed by atoms with E-state index in [9.17, 15) is 4.79 Å². The SMILES string of the molecule is CCc1cnc(CNC(=O)CCC(C)N)s1. The van der Waals surface area contributed by atoms with E-state index in [0.717, 1.165) is 17.8 Å². The summed E-state index contributed by atoms with van der Waals surface area (Å²) in [6.07, 6.45) is 4.08. The fourth-order valence-electron chi connectivity index (χ4n) is 1.21. The van der Waals surface area contributed by atoms with Crippen LogP contribution in [-0.4, -0.2) is 16.9 Å². The van der Waals surface area contributed by atoms with Gasteiger partial charge in [-0.25, -0.2) is 4.98 Å². The molecule has 0 bridgehead atoms. The van der Waals surface area contributed by atoms with Crippen LogP contribution in [0.1, 0.15) is 36.6 Å². The summed E-state index contributed by atoms with van der Waals surface area (Å²) in [5.74, 6) is 0.0468. The molecular weight excluding hydrogens is 222 g/mol. The third-order valence-electron chi connectivity index (χ3n) is 2.21. The Kier molecular flexibility index (Phi) is 5.42. The third kappa shape index (κ3) is 4.72. The first kappa shape index (κ1) is 13.1. The van der Waals surface area contributed by atoms with Gasteiger partial charge in [0.05, 0.1) is 6.54 Å². The number of nitrogens with one attached hydrogen (secondary N) is 1. The number of rotatable bonds is 6. The average Bonchev–Trinajstić information content (AvgIpc) is 2.71. The summed E-state index contributed by atoms with van der Waals surface area (Å²) in [6.45, 7) is 4.53. The van der Waals surface area contributed by atoms with E-state index in [-0.39, 0.29) is 11.9 Å². The van der Waals surface area contributed by atoms with Gasteiger partial charge in [0.25, 0.3) is 0 Å².